The molecule has 3 aromatic heterocycles. The molecule has 3 heterocycles. The highest BCUT2D eigenvalue weighted by Gasteiger charge is 2.23. The van der Waals surface area contributed by atoms with E-state index in [1.807, 2.05) is 6.20 Å². The summed E-state index contributed by atoms with van der Waals surface area (Å²) < 4.78 is 11.1. The predicted molar refractivity (Wildman–Crippen MR) is 213 cm³/mol. The summed E-state index contributed by atoms with van der Waals surface area (Å²) in [6, 6.07) is 32.6. The van der Waals surface area contributed by atoms with Crippen LogP contribution in [0.4, 0.5) is 0 Å². The molecule has 0 fully saturated rings. The Bertz CT molecular complexity index is 2360. The van der Waals surface area contributed by atoms with Crippen LogP contribution in [0.15, 0.2) is 97.2 Å². The van der Waals surface area contributed by atoms with Gasteiger partial charge in [0.1, 0.15) is 17.3 Å². The zero-order valence-electron chi connectivity index (χ0n) is 31.7. The largest absolute Gasteiger partial charge is 0.457 e. The molecule has 51 heavy (non-hydrogen) atoms. The molecule has 0 aliphatic carbocycles. The fourth-order valence-corrected chi connectivity index (χ4v) is 7.53. The Hall–Kier alpha value is -5.16. The highest BCUT2D eigenvalue weighted by atomic mass is 16.5. The number of hydrogen-bond acceptors (Lipinski definition) is 3. The second-order valence-corrected chi connectivity index (χ2v) is 15.2. The van der Waals surface area contributed by atoms with E-state index in [0.717, 1.165) is 45.4 Å². The van der Waals surface area contributed by atoms with E-state index < -0.39 is 0 Å². The molecule has 0 N–H and O–H groups in total. The molecular weight excluding hydrogens is 625 g/mol. The third kappa shape index (κ3) is 6.24. The van der Waals surface area contributed by atoms with Crippen LogP contribution in [-0.2, 0) is 0 Å². The van der Waals surface area contributed by atoms with Crippen molar-refractivity contribution in [3.05, 3.63) is 131 Å². The van der Waals surface area contributed by atoms with Crippen LogP contribution in [0.5, 0.6) is 11.5 Å². The van der Waals surface area contributed by atoms with E-state index >= 15 is 0 Å². The normalized spacial score (nSPS) is 12.0. The lowest BCUT2D eigenvalue weighted by Gasteiger charge is -2.20. The fraction of sp³-hybridized carbons (Fsp3) is 0.304. The number of aryl methyl sites for hydroxylation is 1. The van der Waals surface area contributed by atoms with Gasteiger partial charge in [0.25, 0.3) is 0 Å². The lowest BCUT2D eigenvalue weighted by atomic mass is 9.84. The van der Waals surface area contributed by atoms with Gasteiger partial charge in [0, 0.05) is 40.4 Å². The van der Waals surface area contributed by atoms with Gasteiger partial charge >= 0.3 is 0 Å². The molecule has 0 aliphatic heterocycles. The van der Waals surface area contributed by atoms with Gasteiger partial charge in [-0.1, -0.05) is 91.8 Å². The van der Waals surface area contributed by atoms with Crippen LogP contribution in [-0.4, -0.2) is 19.3 Å². The van der Waals surface area contributed by atoms with Crippen molar-refractivity contribution in [3.8, 4) is 34.1 Å². The molecule has 7 rings (SSSR count). The van der Waals surface area contributed by atoms with Crippen LogP contribution in [0.3, 0.4) is 0 Å². The minimum absolute atomic E-state index is 0.308. The van der Waals surface area contributed by atoms with Crippen LogP contribution in [0.1, 0.15) is 113 Å². The summed E-state index contributed by atoms with van der Waals surface area (Å²) in [7, 11) is 0. The molecule has 5 heteroatoms. The Morgan fingerprint density at radius 3 is 1.94 bits per heavy atom. The third-order valence-corrected chi connectivity index (χ3v) is 10.3. The van der Waals surface area contributed by atoms with Gasteiger partial charge in [0.2, 0.25) is 0 Å². The first-order valence-electron chi connectivity index (χ1n) is 18.4. The maximum atomic E-state index is 6.78. The molecule has 0 spiro atoms. The summed E-state index contributed by atoms with van der Waals surface area (Å²) in [5, 5.41) is 7.55. The van der Waals surface area contributed by atoms with Gasteiger partial charge in [-0.2, -0.15) is 5.10 Å². The van der Waals surface area contributed by atoms with Gasteiger partial charge in [0.15, 0.2) is 0 Å². The maximum Gasteiger partial charge on any atom is 0.137 e. The smallest absolute Gasteiger partial charge is 0.137 e. The van der Waals surface area contributed by atoms with E-state index in [9.17, 15) is 0 Å². The third-order valence-electron chi connectivity index (χ3n) is 10.3. The van der Waals surface area contributed by atoms with Gasteiger partial charge in [-0.15, -0.1) is 0 Å². The molecule has 260 valence electrons. The van der Waals surface area contributed by atoms with Crippen LogP contribution >= 0.6 is 0 Å². The monoisotopic (exact) mass is 674 g/mol. The number of para-hydroxylation sites is 1. The Morgan fingerprint density at radius 1 is 0.569 bits per heavy atom. The van der Waals surface area contributed by atoms with E-state index in [2.05, 4.69) is 169 Å². The molecule has 0 unspecified atom stereocenters. The Kier molecular flexibility index (Phi) is 9.09. The first kappa shape index (κ1) is 34.3. The molecule has 0 atom stereocenters. The molecule has 5 nitrogen and oxygen atoms in total. The van der Waals surface area contributed by atoms with Crippen molar-refractivity contribution in [1.29, 1.82) is 0 Å². The van der Waals surface area contributed by atoms with Crippen molar-refractivity contribution < 1.29 is 4.74 Å². The Labute approximate surface area is 302 Å². The van der Waals surface area contributed by atoms with Crippen molar-refractivity contribution >= 4 is 21.8 Å². The van der Waals surface area contributed by atoms with Crippen LogP contribution < -0.4 is 4.74 Å². The van der Waals surface area contributed by atoms with Gasteiger partial charge in [-0.05, 0) is 108 Å². The number of ether oxygens (including phenoxy) is 1. The molecule has 4 aromatic carbocycles. The zero-order valence-corrected chi connectivity index (χ0v) is 31.7. The SMILES string of the molecule is Cc1nn(-c2cc(Oc3ccc4c5ccccc5n(-c5cc(C(C)C)ccn5)c4c3)cc(C(C)C)c2)c(C)c1-c1c(C(C)C)cccc1C(C)C. The predicted octanol–water partition coefficient (Wildman–Crippen LogP) is 12.9. The van der Waals surface area contributed by atoms with E-state index in [4.69, 9.17) is 14.8 Å². The quantitative estimate of drug-likeness (QED) is 0.153. The second kappa shape index (κ2) is 13.5. The lowest BCUT2D eigenvalue weighted by molar-refractivity contribution is 0.481. The average Bonchev–Trinajstić information content (AvgIpc) is 3.59. The molecule has 0 bridgehead atoms. The lowest BCUT2D eigenvalue weighted by Crippen LogP contribution is -2.03. The summed E-state index contributed by atoms with van der Waals surface area (Å²) in [5.41, 5.74) is 13.1. The van der Waals surface area contributed by atoms with E-state index in [1.165, 1.54) is 44.2 Å². The highest BCUT2D eigenvalue weighted by Crippen LogP contribution is 2.41. The summed E-state index contributed by atoms with van der Waals surface area (Å²) in [4.78, 5) is 4.84. The maximum absolute atomic E-state index is 6.78. The van der Waals surface area contributed by atoms with Crippen molar-refractivity contribution in [3.63, 3.8) is 0 Å². The average molecular weight is 675 g/mol. The van der Waals surface area contributed by atoms with Gasteiger partial charge in [-0.25, -0.2) is 9.67 Å². The van der Waals surface area contributed by atoms with Crippen LogP contribution in [0, 0.1) is 13.8 Å². The molecule has 0 radical (unpaired) electrons. The number of benzene rings is 4. The summed E-state index contributed by atoms with van der Waals surface area (Å²) >= 11 is 0. The van der Waals surface area contributed by atoms with Gasteiger partial charge < -0.3 is 4.74 Å². The van der Waals surface area contributed by atoms with Crippen LogP contribution in [0.25, 0.3) is 44.4 Å². The first-order valence-corrected chi connectivity index (χ1v) is 18.4. The number of hydrogen-bond donors (Lipinski definition) is 0. The van der Waals surface area contributed by atoms with Crippen molar-refractivity contribution in [2.45, 2.75) is 92.9 Å². The molecule has 7 aromatic rings. The highest BCUT2D eigenvalue weighted by molar-refractivity contribution is 6.09. The molecule has 0 aliphatic rings. The summed E-state index contributed by atoms with van der Waals surface area (Å²) in [6.45, 7) is 22.4. The number of fused-ring (bicyclic) bond motifs is 3. The van der Waals surface area contributed by atoms with E-state index in [1.54, 1.807) is 0 Å². The number of rotatable bonds is 9. The molecule has 0 saturated carbocycles. The van der Waals surface area contributed by atoms with Crippen molar-refractivity contribution in [2.75, 3.05) is 0 Å². The number of pyridine rings is 1. The van der Waals surface area contributed by atoms with E-state index in [0.29, 0.717) is 23.7 Å². The summed E-state index contributed by atoms with van der Waals surface area (Å²) in [5.74, 6) is 3.99. The Balaban J connectivity index is 1.35. The standard InChI is InChI=1S/C46H50N4O/c1-27(2)33-20-21-47-44(24-33)49-42-17-12-11-14-40(42)41-19-18-36(26-43(41)49)51-37-23-34(28(3)4)22-35(25-37)50-32(10)45(31(9)48-50)46-38(29(5)6)15-13-16-39(46)30(7)8/h11-30H,1-10H3. The van der Waals surface area contributed by atoms with Gasteiger partial charge in [0.05, 0.1) is 22.4 Å². The minimum atomic E-state index is 0.308. The topological polar surface area (TPSA) is 44.9 Å². The van der Waals surface area contributed by atoms with Gasteiger partial charge in [-0.3, -0.25) is 4.57 Å². The number of nitrogens with zero attached hydrogens (tertiary/aromatic N) is 4. The molecule has 0 saturated heterocycles. The first-order chi connectivity index (χ1) is 24.4. The molecular formula is C46H50N4O. The van der Waals surface area contributed by atoms with E-state index in [-0.39, 0.29) is 0 Å². The second-order valence-electron chi connectivity index (χ2n) is 15.2. The zero-order chi connectivity index (χ0) is 36.1. The summed E-state index contributed by atoms with van der Waals surface area (Å²) in [6.07, 6.45) is 1.92. The van der Waals surface area contributed by atoms with Crippen LogP contribution in [0.2, 0.25) is 0 Å². The van der Waals surface area contributed by atoms with Crippen molar-refractivity contribution in [2.24, 2.45) is 0 Å². The number of aromatic nitrogens is 4. The minimum Gasteiger partial charge on any atom is -0.457 e. The molecule has 0 amide bonds. The van der Waals surface area contributed by atoms with Crippen molar-refractivity contribution in [1.82, 2.24) is 19.3 Å². The Morgan fingerprint density at radius 2 is 1.25 bits per heavy atom. The fourth-order valence-electron chi connectivity index (χ4n) is 7.53.